The van der Waals surface area contributed by atoms with Crippen LogP contribution in [0.4, 0.5) is 0 Å². The Bertz CT molecular complexity index is 806. The first-order valence-electron chi connectivity index (χ1n) is 8.94. The van der Waals surface area contributed by atoms with Crippen molar-refractivity contribution < 1.29 is 23.1 Å². The number of nitrogens with zero attached hydrogens (tertiary/aromatic N) is 1. The Kier molecular flexibility index (Phi) is 4.03. The van der Waals surface area contributed by atoms with E-state index in [0.29, 0.717) is 12.8 Å². The van der Waals surface area contributed by atoms with Gasteiger partial charge < -0.3 is 9.84 Å². The van der Waals surface area contributed by atoms with Crippen LogP contribution in [0.5, 0.6) is 5.75 Å². The molecule has 0 amide bonds. The SMILES string of the molecule is CC1Cc2cc(S(=O)(=O)N3C(C(=O)O)CC4CCCCC43)ccc2O1. The molecule has 1 saturated carbocycles. The minimum atomic E-state index is -3.85. The smallest absolute Gasteiger partial charge is 0.322 e. The Balaban J connectivity index is 1.73. The predicted molar refractivity (Wildman–Crippen MR) is 91.0 cm³/mol. The van der Waals surface area contributed by atoms with Gasteiger partial charge in [-0.1, -0.05) is 12.8 Å². The van der Waals surface area contributed by atoms with Crippen LogP contribution in [0.3, 0.4) is 0 Å². The van der Waals surface area contributed by atoms with E-state index in [1.54, 1.807) is 18.2 Å². The van der Waals surface area contributed by atoms with Crippen molar-refractivity contribution in [3.05, 3.63) is 23.8 Å². The Morgan fingerprint density at radius 1 is 1.28 bits per heavy atom. The molecular formula is C18H23NO5S. The third-order valence-electron chi connectivity index (χ3n) is 5.76. The number of rotatable bonds is 3. The van der Waals surface area contributed by atoms with Gasteiger partial charge in [0.1, 0.15) is 17.9 Å². The van der Waals surface area contributed by atoms with Crippen molar-refractivity contribution in [2.75, 3.05) is 0 Å². The Hall–Kier alpha value is -1.60. The van der Waals surface area contributed by atoms with Crippen LogP contribution in [0.2, 0.25) is 0 Å². The van der Waals surface area contributed by atoms with Crippen LogP contribution in [0.25, 0.3) is 0 Å². The van der Waals surface area contributed by atoms with Gasteiger partial charge in [-0.2, -0.15) is 4.31 Å². The zero-order valence-electron chi connectivity index (χ0n) is 14.2. The molecule has 2 heterocycles. The van der Waals surface area contributed by atoms with Crippen LogP contribution in [-0.2, 0) is 21.2 Å². The van der Waals surface area contributed by atoms with Gasteiger partial charge in [0.2, 0.25) is 10.0 Å². The zero-order valence-corrected chi connectivity index (χ0v) is 15.0. The van der Waals surface area contributed by atoms with Crippen molar-refractivity contribution in [3.63, 3.8) is 0 Å². The number of hydrogen-bond acceptors (Lipinski definition) is 4. The van der Waals surface area contributed by atoms with Crippen LogP contribution in [0.1, 0.15) is 44.6 Å². The molecule has 7 heteroatoms. The Morgan fingerprint density at radius 2 is 2.04 bits per heavy atom. The summed E-state index contributed by atoms with van der Waals surface area (Å²) >= 11 is 0. The van der Waals surface area contributed by atoms with Crippen LogP contribution in [-0.4, -0.2) is 42.0 Å². The van der Waals surface area contributed by atoms with E-state index in [2.05, 4.69) is 0 Å². The van der Waals surface area contributed by atoms with E-state index >= 15 is 0 Å². The van der Waals surface area contributed by atoms with Crippen molar-refractivity contribution in [1.29, 1.82) is 0 Å². The van der Waals surface area contributed by atoms with Crippen molar-refractivity contribution in [3.8, 4) is 5.75 Å². The minimum Gasteiger partial charge on any atom is -0.490 e. The standard InChI is InChI=1S/C18H23NO5S/c1-11-8-13-9-14(6-7-17(13)24-11)25(22,23)19-15-5-3-2-4-12(15)10-16(19)18(20)21/h6-7,9,11-12,15-16H,2-5,8,10H2,1H3,(H,20,21). The van der Waals surface area contributed by atoms with Gasteiger partial charge in [-0.05, 0) is 55.9 Å². The lowest BCUT2D eigenvalue weighted by Crippen LogP contribution is -2.46. The molecular weight excluding hydrogens is 342 g/mol. The molecule has 136 valence electrons. The Labute approximate surface area is 147 Å². The van der Waals surface area contributed by atoms with Gasteiger partial charge in [0, 0.05) is 12.5 Å². The summed E-state index contributed by atoms with van der Waals surface area (Å²) < 4.78 is 33.5. The molecule has 0 radical (unpaired) electrons. The summed E-state index contributed by atoms with van der Waals surface area (Å²) in [5.41, 5.74) is 0.875. The molecule has 4 rings (SSSR count). The topological polar surface area (TPSA) is 83.9 Å². The monoisotopic (exact) mass is 365 g/mol. The highest BCUT2D eigenvalue weighted by molar-refractivity contribution is 7.89. The Morgan fingerprint density at radius 3 is 2.80 bits per heavy atom. The summed E-state index contributed by atoms with van der Waals surface area (Å²) in [6.07, 6.45) is 4.80. The second-order valence-corrected chi connectivity index (χ2v) is 9.28. The number of sulfonamides is 1. The highest BCUT2D eigenvalue weighted by Crippen LogP contribution is 2.43. The molecule has 1 aliphatic carbocycles. The molecule has 1 saturated heterocycles. The van der Waals surface area contributed by atoms with E-state index < -0.39 is 22.0 Å². The lowest BCUT2D eigenvalue weighted by molar-refractivity contribution is -0.141. The first-order valence-corrected chi connectivity index (χ1v) is 10.4. The fraction of sp³-hybridized carbons (Fsp3) is 0.611. The van der Waals surface area contributed by atoms with Crippen LogP contribution in [0.15, 0.2) is 23.1 Å². The number of ether oxygens (including phenoxy) is 1. The first-order chi connectivity index (χ1) is 11.9. The fourth-order valence-corrected chi connectivity index (χ4v) is 6.58. The second kappa shape index (κ2) is 5.99. The third kappa shape index (κ3) is 2.73. The van der Waals surface area contributed by atoms with Crippen LogP contribution in [0, 0.1) is 5.92 Å². The summed E-state index contributed by atoms with van der Waals surface area (Å²) in [4.78, 5) is 11.9. The summed E-state index contributed by atoms with van der Waals surface area (Å²) in [5, 5.41) is 9.60. The molecule has 1 aromatic rings. The van der Waals surface area contributed by atoms with Crippen molar-refractivity contribution >= 4 is 16.0 Å². The average Bonchev–Trinajstić information content (AvgIpc) is 3.13. The van der Waals surface area contributed by atoms with E-state index in [4.69, 9.17) is 4.74 Å². The maximum absolute atomic E-state index is 13.3. The molecule has 0 spiro atoms. The van der Waals surface area contributed by atoms with E-state index in [0.717, 1.165) is 37.0 Å². The first kappa shape index (κ1) is 16.8. The van der Waals surface area contributed by atoms with Crippen molar-refractivity contribution in [1.82, 2.24) is 4.31 Å². The van der Waals surface area contributed by atoms with Gasteiger partial charge in [0.15, 0.2) is 0 Å². The molecule has 25 heavy (non-hydrogen) atoms. The van der Waals surface area contributed by atoms with Gasteiger partial charge in [0.05, 0.1) is 4.90 Å². The zero-order chi connectivity index (χ0) is 17.8. The molecule has 6 nitrogen and oxygen atoms in total. The maximum Gasteiger partial charge on any atom is 0.322 e. The third-order valence-corrected chi connectivity index (χ3v) is 7.69. The van der Waals surface area contributed by atoms with Gasteiger partial charge in [0.25, 0.3) is 0 Å². The molecule has 4 unspecified atom stereocenters. The van der Waals surface area contributed by atoms with Crippen molar-refractivity contribution in [2.24, 2.45) is 5.92 Å². The summed E-state index contributed by atoms with van der Waals surface area (Å²) in [6, 6.07) is 3.74. The number of aliphatic carboxylic acids is 1. The van der Waals surface area contributed by atoms with Gasteiger partial charge in [-0.25, -0.2) is 8.42 Å². The highest BCUT2D eigenvalue weighted by atomic mass is 32.2. The van der Waals surface area contributed by atoms with Gasteiger partial charge in [-0.3, -0.25) is 4.79 Å². The summed E-state index contributed by atoms with van der Waals surface area (Å²) in [6.45, 7) is 1.95. The number of fused-ring (bicyclic) bond motifs is 2. The van der Waals surface area contributed by atoms with E-state index in [1.807, 2.05) is 6.92 Å². The van der Waals surface area contributed by atoms with Crippen LogP contribution < -0.4 is 4.74 Å². The largest absolute Gasteiger partial charge is 0.490 e. The average molecular weight is 365 g/mol. The number of benzene rings is 1. The predicted octanol–water partition coefficient (Wildman–Crippen LogP) is 2.42. The number of hydrogen-bond donors (Lipinski definition) is 1. The number of carbonyl (C=O) groups is 1. The summed E-state index contributed by atoms with van der Waals surface area (Å²) in [5.74, 6) is -0.170. The van der Waals surface area contributed by atoms with E-state index in [-0.39, 0.29) is 23.0 Å². The lowest BCUT2D eigenvalue weighted by atomic mass is 9.85. The quantitative estimate of drug-likeness (QED) is 0.889. The van der Waals surface area contributed by atoms with E-state index in [1.165, 1.54) is 4.31 Å². The molecule has 3 aliphatic rings. The lowest BCUT2D eigenvalue weighted by Gasteiger charge is -2.32. The van der Waals surface area contributed by atoms with E-state index in [9.17, 15) is 18.3 Å². The number of carboxylic acid groups (broad SMARTS) is 1. The molecule has 2 fully saturated rings. The maximum atomic E-state index is 13.3. The molecule has 0 bridgehead atoms. The molecule has 0 aromatic heterocycles. The molecule has 1 aromatic carbocycles. The van der Waals surface area contributed by atoms with Gasteiger partial charge in [-0.15, -0.1) is 0 Å². The fourth-order valence-electron chi connectivity index (χ4n) is 4.66. The normalized spacial score (nSPS) is 32.0. The minimum absolute atomic E-state index is 0.0363. The molecule has 2 aliphatic heterocycles. The van der Waals surface area contributed by atoms with Gasteiger partial charge >= 0.3 is 5.97 Å². The highest BCUT2D eigenvalue weighted by Gasteiger charge is 2.51. The summed E-state index contributed by atoms with van der Waals surface area (Å²) in [7, 11) is -3.85. The van der Waals surface area contributed by atoms with Crippen LogP contribution >= 0.6 is 0 Å². The number of carboxylic acids is 1. The molecule has 1 N–H and O–H groups in total. The molecule has 4 atom stereocenters. The van der Waals surface area contributed by atoms with Crippen molar-refractivity contribution in [2.45, 2.75) is 68.5 Å². The second-order valence-electron chi connectivity index (χ2n) is 7.44.